The van der Waals surface area contributed by atoms with Crippen LogP contribution in [0.1, 0.15) is 53.5 Å². The molecule has 0 aliphatic carbocycles. The molecule has 2 aromatic carbocycles. The van der Waals surface area contributed by atoms with Gasteiger partial charge in [0.1, 0.15) is 29.8 Å². The van der Waals surface area contributed by atoms with Crippen LogP contribution in [0.2, 0.25) is 18.1 Å². The summed E-state index contributed by atoms with van der Waals surface area (Å²) in [4.78, 5) is 15.2. The molecular weight excluding hydrogens is 609 g/mol. The number of fused-ring (bicyclic) bond motifs is 1. The van der Waals surface area contributed by atoms with Crippen LogP contribution in [0.3, 0.4) is 0 Å². The Morgan fingerprint density at radius 1 is 1.11 bits per heavy atom. The van der Waals surface area contributed by atoms with E-state index >= 15 is 0 Å². The average Bonchev–Trinajstić information content (AvgIpc) is 2.81. The summed E-state index contributed by atoms with van der Waals surface area (Å²) < 4.78 is 26.3. The summed E-state index contributed by atoms with van der Waals surface area (Å²) in [6.07, 6.45) is 0.943. The number of aryl methyl sites for hydroxylation is 1. The number of hydrogen-bond donors (Lipinski definition) is 0. The van der Waals surface area contributed by atoms with Crippen molar-refractivity contribution in [3.63, 3.8) is 0 Å². The number of ether oxygens (including phenoxy) is 3. The van der Waals surface area contributed by atoms with Crippen molar-refractivity contribution in [1.82, 2.24) is 4.90 Å². The molecule has 38 heavy (non-hydrogen) atoms. The number of rotatable bonds is 9. The number of para-hydroxylation sites is 1. The first-order valence-corrected chi connectivity index (χ1v) is 17.4. The van der Waals surface area contributed by atoms with E-state index in [1.54, 1.807) is 4.90 Å². The van der Waals surface area contributed by atoms with E-state index in [4.69, 9.17) is 18.6 Å². The second-order valence-corrected chi connectivity index (χ2v) is 18.5. The van der Waals surface area contributed by atoms with Gasteiger partial charge < -0.3 is 23.5 Å². The first-order chi connectivity index (χ1) is 17.6. The van der Waals surface area contributed by atoms with Gasteiger partial charge in [0.2, 0.25) is 0 Å². The third-order valence-electron chi connectivity index (χ3n) is 7.00. The summed E-state index contributed by atoms with van der Waals surface area (Å²) in [6.45, 7) is 17.9. The van der Waals surface area contributed by atoms with Crippen molar-refractivity contribution < 1.29 is 23.4 Å². The molecule has 8 heteroatoms. The molecule has 1 unspecified atom stereocenters. The topological polar surface area (TPSA) is 57.2 Å². The normalized spacial score (nSPS) is 16.7. The zero-order chi connectivity index (χ0) is 28.1. The molecular formula is C30H44INO5Si. The van der Waals surface area contributed by atoms with Gasteiger partial charge in [-0.2, -0.15) is 0 Å². The number of hydrogen-bond acceptors (Lipinski definition) is 5. The second-order valence-electron chi connectivity index (χ2n) is 12.5. The standard InChI is InChI=1S/C30H44INO5Si/c1-29(2,3)36-28(33)32(19-25-16-14-22-18-23(31)15-17-27(22)35-25)20-26(37-38(7,8)30(4,5)6)21-34-24-12-10-9-11-13-24/h9-13,15,17-18,25-26H,14,16,19-21H2,1-8H3/t25-,26?/m1/s1. The Balaban J connectivity index is 1.82. The summed E-state index contributed by atoms with van der Waals surface area (Å²) >= 11 is 2.33. The van der Waals surface area contributed by atoms with Gasteiger partial charge in [-0.3, -0.25) is 0 Å². The maximum absolute atomic E-state index is 13.5. The minimum Gasteiger partial charge on any atom is -0.491 e. The van der Waals surface area contributed by atoms with E-state index in [1.165, 1.54) is 9.13 Å². The van der Waals surface area contributed by atoms with Gasteiger partial charge in [-0.05, 0) is 110 Å². The molecule has 210 valence electrons. The Kier molecular flexibility index (Phi) is 10.2. The summed E-state index contributed by atoms with van der Waals surface area (Å²) in [5.41, 5.74) is 0.606. The Morgan fingerprint density at radius 3 is 2.42 bits per heavy atom. The minimum atomic E-state index is -2.15. The van der Waals surface area contributed by atoms with Crippen LogP contribution < -0.4 is 9.47 Å². The number of amides is 1. The van der Waals surface area contributed by atoms with E-state index in [0.29, 0.717) is 19.7 Å². The summed E-state index contributed by atoms with van der Waals surface area (Å²) in [6, 6.07) is 16.0. The lowest BCUT2D eigenvalue weighted by Gasteiger charge is -2.41. The van der Waals surface area contributed by atoms with Crippen molar-refractivity contribution in [2.45, 2.75) is 90.3 Å². The molecule has 0 fully saturated rings. The number of nitrogens with zero attached hydrogens (tertiary/aromatic N) is 1. The van der Waals surface area contributed by atoms with Crippen molar-refractivity contribution in [3.05, 3.63) is 57.7 Å². The molecule has 3 rings (SSSR count). The molecule has 6 nitrogen and oxygen atoms in total. The quantitative estimate of drug-likeness (QED) is 0.205. The molecule has 0 aromatic heterocycles. The largest absolute Gasteiger partial charge is 0.491 e. The van der Waals surface area contributed by atoms with Gasteiger partial charge in [-0.1, -0.05) is 39.0 Å². The SMILES string of the molecule is CC(C)(C)OC(=O)N(CC(COc1ccccc1)O[Si](C)(C)C(C)(C)C)C[C@H]1CCc2cc(I)ccc2O1. The maximum atomic E-state index is 13.5. The highest BCUT2D eigenvalue weighted by atomic mass is 127. The average molecular weight is 654 g/mol. The fourth-order valence-electron chi connectivity index (χ4n) is 4.01. The zero-order valence-electron chi connectivity index (χ0n) is 24.2. The Hall–Kier alpha value is -1.78. The molecule has 1 amide bonds. The first-order valence-electron chi connectivity index (χ1n) is 13.4. The van der Waals surface area contributed by atoms with Crippen LogP contribution in [0.4, 0.5) is 4.79 Å². The van der Waals surface area contributed by atoms with Crippen molar-refractivity contribution in [3.8, 4) is 11.5 Å². The predicted octanol–water partition coefficient (Wildman–Crippen LogP) is 7.69. The van der Waals surface area contributed by atoms with E-state index in [9.17, 15) is 4.79 Å². The Labute approximate surface area is 243 Å². The fourth-order valence-corrected chi connectivity index (χ4v) is 5.89. The van der Waals surface area contributed by atoms with Gasteiger partial charge >= 0.3 is 6.09 Å². The predicted molar refractivity (Wildman–Crippen MR) is 164 cm³/mol. The van der Waals surface area contributed by atoms with Gasteiger partial charge in [0.25, 0.3) is 0 Å². The minimum absolute atomic E-state index is 0.0163. The van der Waals surface area contributed by atoms with Crippen LogP contribution in [-0.2, 0) is 15.6 Å². The van der Waals surface area contributed by atoms with E-state index in [1.807, 2.05) is 57.2 Å². The van der Waals surface area contributed by atoms with Crippen molar-refractivity contribution in [2.24, 2.45) is 0 Å². The Bertz CT molecular complexity index is 1060. The van der Waals surface area contributed by atoms with E-state index in [0.717, 1.165) is 24.3 Å². The molecule has 2 atom stereocenters. The smallest absolute Gasteiger partial charge is 0.410 e. The lowest BCUT2D eigenvalue weighted by molar-refractivity contribution is 0.000513. The van der Waals surface area contributed by atoms with Crippen LogP contribution in [0.25, 0.3) is 0 Å². The lowest BCUT2D eigenvalue weighted by Crippen LogP contribution is -2.52. The monoisotopic (exact) mass is 653 g/mol. The molecule has 1 aliphatic heterocycles. The van der Waals surface area contributed by atoms with Gasteiger partial charge in [0, 0.05) is 3.57 Å². The van der Waals surface area contributed by atoms with E-state index < -0.39 is 13.9 Å². The molecule has 0 N–H and O–H groups in total. The van der Waals surface area contributed by atoms with E-state index in [2.05, 4.69) is 68.6 Å². The second kappa shape index (κ2) is 12.6. The van der Waals surface area contributed by atoms with Gasteiger partial charge in [-0.25, -0.2) is 4.79 Å². The highest BCUT2D eigenvalue weighted by Gasteiger charge is 2.40. The molecule has 2 aromatic rings. The number of carbonyl (C=O) groups excluding carboxylic acids is 1. The third-order valence-corrected chi connectivity index (χ3v) is 12.2. The molecule has 1 aliphatic rings. The van der Waals surface area contributed by atoms with Crippen LogP contribution in [0.15, 0.2) is 48.5 Å². The number of halogens is 1. The summed E-state index contributed by atoms with van der Waals surface area (Å²) in [7, 11) is -2.15. The number of carbonyl (C=O) groups is 1. The summed E-state index contributed by atoms with van der Waals surface area (Å²) in [5, 5.41) is 0.0163. The van der Waals surface area contributed by atoms with Gasteiger partial charge in [-0.15, -0.1) is 0 Å². The zero-order valence-corrected chi connectivity index (χ0v) is 27.3. The first kappa shape index (κ1) is 30.8. The van der Waals surface area contributed by atoms with Crippen LogP contribution in [-0.4, -0.2) is 56.8 Å². The molecule has 0 radical (unpaired) electrons. The highest BCUT2D eigenvalue weighted by molar-refractivity contribution is 14.1. The Morgan fingerprint density at radius 2 is 1.79 bits per heavy atom. The van der Waals surface area contributed by atoms with E-state index in [-0.39, 0.29) is 23.3 Å². The summed E-state index contributed by atoms with van der Waals surface area (Å²) in [5.74, 6) is 1.68. The third kappa shape index (κ3) is 9.16. The van der Waals surface area contributed by atoms with Crippen molar-refractivity contribution >= 4 is 37.0 Å². The maximum Gasteiger partial charge on any atom is 0.410 e. The van der Waals surface area contributed by atoms with Crippen molar-refractivity contribution in [1.29, 1.82) is 0 Å². The number of benzene rings is 2. The lowest BCUT2D eigenvalue weighted by atomic mass is 10.0. The van der Waals surface area contributed by atoms with Crippen LogP contribution in [0.5, 0.6) is 11.5 Å². The van der Waals surface area contributed by atoms with Gasteiger partial charge in [0.05, 0.1) is 19.2 Å². The van der Waals surface area contributed by atoms with Crippen LogP contribution >= 0.6 is 22.6 Å². The molecule has 0 spiro atoms. The molecule has 0 bridgehead atoms. The molecule has 0 saturated carbocycles. The van der Waals surface area contributed by atoms with Crippen LogP contribution in [0, 0.1) is 3.57 Å². The highest BCUT2D eigenvalue weighted by Crippen LogP contribution is 2.37. The van der Waals surface area contributed by atoms with Gasteiger partial charge in [0.15, 0.2) is 8.32 Å². The van der Waals surface area contributed by atoms with Crippen molar-refractivity contribution in [2.75, 3.05) is 19.7 Å². The fraction of sp³-hybridized carbons (Fsp3) is 0.567. The molecule has 1 heterocycles. The molecule has 0 saturated heterocycles.